The van der Waals surface area contributed by atoms with Crippen molar-refractivity contribution in [2.45, 2.75) is 13.8 Å². The number of hydrogen-bond donors (Lipinski definition) is 1. The lowest BCUT2D eigenvalue weighted by atomic mass is 9.99. The van der Waals surface area contributed by atoms with E-state index in [-0.39, 0.29) is 5.97 Å². The number of carbonyl (C=O) groups excluding carboxylic acids is 1. The van der Waals surface area contributed by atoms with E-state index in [1.54, 1.807) is 6.07 Å². The fourth-order valence-corrected chi connectivity index (χ4v) is 2.40. The molecule has 0 saturated heterocycles. The van der Waals surface area contributed by atoms with E-state index in [2.05, 4.69) is 18.2 Å². The van der Waals surface area contributed by atoms with Crippen molar-refractivity contribution in [3.8, 4) is 16.9 Å². The highest BCUT2D eigenvalue weighted by Crippen LogP contribution is 2.28. The Bertz CT molecular complexity index is 660. The summed E-state index contributed by atoms with van der Waals surface area (Å²) in [5.74, 6) is 0.228. The lowest BCUT2D eigenvalue weighted by Crippen LogP contribution is -2.11. The Kier molecular flexibility index (Phi) is 5.17. The SMILES string of the molecule is COC(=O)c1cc(OCCN)cc(-c2cc(C)cc(C)c2)c1. The normalized spacial score (nSPS) is 10.4. The topological polar surface area (TPSA) is 61.5 Å². The minimum absolute atomic E-state index is 0.385. The smallest absolute Gasteiger partial charge is 0.338 e. The van der Waals surface area contributed by atoms with Gasteiger partial charge < -0.3 is 15.2 Å². The van der Waals surface area contributed by atoms with Crippen LogP contribution in [0.2, 0.25) is 0 Å². The summed E-state index contributed by atoms with van der Waals surface area (Å²) in [4.78, 5) is 11.9. The molecular formula is C18H21NO3. The van der Waals surface area contributed by atoms with E-state index < -0.39 is 0 Å². The zero-order valence-corrected chi connectivity index (χ0v) is 13.2. The van der Waals surface area contributed by atoms with Gasteiger partial charge in [0.2, 0.25) is 0 Å². The standard InChI is InChI=1S/C18H21NO3/c1-12-6-13(2)8-14(7-12)15-9-16(18(20)21-3)11-17(10-15)22-5-4-19/h6-11H,4-5,19H2,1-3H3. The van der Waals surface area contributed by atoms with Gasteiger partial charge in [-0.2, -0.15) is 0 Å². The predicted molar refractivity (Wildman–Crippen MR) is 87.2 cm³/mol. The van der Waals surface area contributed by atoms with Gasteiger partial charge >= 0.3 is 5.97 Å². The first-order chi connectivity index (χ1) is 10.5. The van der Waals surface area contributed by atoms with Crippen LogP contribution in [0.4, 0.5) is 0 Å². The average molecular weight is 299 g/mol. The van der Waals surface area contributed by atoms with Gasteiger partial charge in [-0.25, -0.2) is 4.79 Å². The first-order valence-corrected chi connectivity index (χ1v) is 7.18. The molecule has 22 heavy (non-hydrogen) atoms. The number of esters is 1. The monoisotopic (exact) mass is 299 g/mol. The molecule has 2 N–H and O–H groups in total. The van der Waals surface area contributed by atoms with E-state index in [4.69, 9.17) is 15.2 Å². The molecule has 0 aliphatic heterocycles. The van der Waals surface area contributed by atoms with E-state index in [1.165, 1.54) is 18.2 Å². The summed E-state index contributed by atoms with van der Waals surface area (Å²) in [5.41, 5.74) is 10.2. The molecule has 0 aromatic heterocycles. The molecule has 0 aliphatic carbocycles. The van der Waals surface area contributed by atoms with Crippen molar-refractivity contribution in [1.82, 2.24) is 0 Å². The molecule has 0 bridgehead atoms. The highest BCUT2D eigenvalue weighted by Gasteiger charge is 2.11. The molecular weight excluding hydrogens is 278 g/mol. The first-order valence-electron chi connectivity index (χ1n) is 7.18. The van der Waals surface area contributed by atoms with Gasteiger partial charge in [0.05, 0.1) is 12.7 Å². The largest absolute Gasteiger partial charge is 0.492 e. The Balaban J connectivity index is 2.50. The van der Waals surface area contributed by atoms with E-state index in [1.807, 2.05) is 26.0 Å². The molecule has 0 spiro atoms. The molecule has 0 unspecified atom stereocenters. The molecule has 0 atom stereocenters. The molecule has 0 saturated carbocycles. The Hall–Kier alpha value is -2.33. The summed E-state index contributed by atoms with van der Waals surface area (Å²) < 4.78 is 10.4. The Morgan fingerprint density at radius 1 is 1.00 bits per heavy atom. The van der Waals surface area contributed by atoms with Gasteiger partial charge in [0.1, 0.15) is 12.4 Å². The zero-order chi connectivity index (χ0) is 16.1. The van der Waals surface area contributed by atoms with Crippen LogP contribution in [0.5, 0.6) is 5.75 Å². The van der Waals surface area contributed by atoms with Crippen LogP contribution >= 0.6 is 0 Å². The summed E-state index contributed by atoms with van der Waals surface area (Å²) in [7, 11) is 1.37. The van der Waals surface area contributed by atoms with Crippen molar-refractivity contribution in [1.29, 1.82) is 0 Å². The van der Waals surface area contributed by atoms with Crippen molar-refractivity contribution in [2.24, 2.45) is 5.73 Å². The quantitative estimate of drug-likeness (QED) is 0.862. The Morgan fingerprint density at radius 3 is 2.23 bits per heavy atom. The number of methoxy groups -OCH3 is 1. The van der Waals surface area contributed by atoms with Crippen molar-refractivity contribution >= 4 is 5.97 Å². The first kappa shape index (κ1) is 16.0. The number of rotatable bonds is 5. The van der Waals surface area contributed by atoms with Gasteiger partial charge in [-0.05, 0) is 43.2 Å². The molecule has 4 nitrogen and oxygen atoms in total. The summed E-state index contributed by atoms with van der Waals surface area (Å²) in [5, 5.41) is 0. The van der Waals surface area contributed by atoms with E-state index in [0.717, 1.165) is 11.1 Å². The average Bonchev–Trinajstić information content (AvgIpc) is 2.50. The van der Waals surface area contributed by atoms with Crippen LogP contribution in [-0.2, 0) is 4.74 Å². The van der Waals surface area contributed by atoms with E-state index in [9.17, 15) is 4.79 Å². The zero-order valence-electron chi connectivity index (χ0n) is 13.2. The van der Waals surface area contributed by atoms with Crippen LogP contribution in [0.15, 0.2) is 36.4 Å². The summed E-state index contributed by atoms with van der Waals surface area (Å²) in [6, 6.07) is 11.7. The van der Waals surface area contributed by atoms with Crippen LogP contribution < -0.4 is 10.5 Å². The molecule has 2 rings (SSSR count). The van der Waals surface area contributed by atoms with Crippen LogP contribution in [0.1, 0.15) is 21.5 Å². The van der Waals surface area contributed by atoms with Gasteiger partial charge in [-0.3, -0.25) is 0 Å². The van der Waals surface area contributed by atoms with Gasteiger partial charge in [-0.1, -0.05) is 29.3 Å². The molecule has 0 aliphatic rings. The van der Waals surface area contributed by atoms with E-state index in [0.29, 0.717) is 24.5 Å². The fourth-order valence-electron chi connectivity index (χ4n) is 2.40. The van der Waals surface area contributed by atoms with Gasteiger partial charge in [0, 0.05) is 6.54 Å². The van der Waals surface area contributed by atoms with Crippen LogP contribution in [0, 0.1) is 13.8 Å². The lowest BCUT2D eigenvalue weighted by Gasteiger charge is -2.11. The third-order valence-electron chi connectivity index (χ3n) is 3.27. The van der Waals surface area contributed by atoms with Crippen molar-refractivity contribution in [3.05, 3.63) is 53.1 Å². The highest BCUT2D eigenvalue weighted by molar-refractivity contribution is 5.91. The number of carbonyl (C=O) groups is 1. The molecule has 0 heterocycles. The second-order valence-electron chi connectivity index (χ2n) is 5.25. The van der Waals surface area contributed by atoms with Crippen LogP contribution in [-0.4, -0.2) is 26.2 Å². The van der Waals surface area contributed by atoms with Gasteiger partial charge in [0.25, 0.3) is 0 Å². The maximum Gasteiger partial charge on any atom is 0.338 e. The second-order valence-corrected chi connectivity index (χ2v) is 5.25. The molecule has 116 valence electrons. The molecule has 0 radical (unpaired) electrons. The number of nitrogens with two attached hydrogens (primary N) is 1. The number of ether oxygens (including phenoxy) is 2. The molecule has 4 heteroatoms. The summed E-state index contributed by atoms with van der Waals surface area (Å²) in [6.45, 7) is 4.91. The second kappa shape index (κ2) is 7.09. The van der Waals surface area contributed by atoms with Gasteiger partial charge in [-0.15, -0.1) is 0 Å². The highest BCUT2D eigenvalue weighted by atomic mass is 16.5. The van der Waals surface area contributed by atoms with Crippen LogP contribution in [0.25, 0.3) is 11.1 Å². The maximum atomic E-state index is 11.9. The number of benzene rings is 2. The molecule has 2 aromatic rings. The van der Waals surface area contributed by atoms with Crippen molar-refractivity contribution in [3.63, 3.8) is 0 Å². The maximum absolute atomic E-state index is 11.9. The minimum Gasteiger partial charge on any atom is -0.492 e. The number of aryl methyl sites for hydroxylation is 2. The molecule has 0 fully saturated rings. The summed E-state index contributed by atoms with van der Waals surface area (Å²) in [6.07, 6.45) is 0. The summed E-state index contributed by atoms with van der Waals surface area (Å²) >= 11 is 0. The Labute approximate surface area is 130 Å². The van der Waals surface area contributed by atoms with Crippen molar-refractivity contribution < 1.29 is 14.3 Å². The number of hydrogen-bond acceptors (Lipinski definition) is 4. The van der Waals surface area contributed by atoms with Crippen molar-refractivity contribution in [2.75, 3.05) is 20.3 Å². The van der Waals surface area contributed by atoms with Crippen LogP contribution in [0.3, 0.4) is 0 Å². The lowest BCUT2D eigenvalue weighted by molar-refractivity contribution is 0.0600. The molecule has 2 aromatic carbocycles. The van der Waals surface area contributed by atoms with E-state index >= 15 is 0 Å². The predicted octanol–water partition coefficient (Wildman–Crippen LogP) is 3.09. The molecule has 0 amide bonds. The Morgan fingerprint density at radius 2 is 1.64 bits per heavy atom. The fraction of sp³-hybridized carbons (Fsp3) is 0.278. The minimum atomic E-state index is -0.385. The van der Waals surface area contributed by atoms with Gasteiger partial charge in [0.15, 0.2) is 0 Å². The third kappa shape index (κ3) is 3.86. The third-order valence-corrected chi connectivity index (χ3v) is 3.27.